The molecular weight excluding hydrogens is 321 g/mol. The van der Waals surface area contributed by atoms with Crippen LogP contribution in [0, 0.1) is 5.82 Å². The van der Waals surface area contributed by atoms with Crippen LogP contribution in [0.5, 0.6) is 0 Å². The minimum Gasteiger partial charge on any atom is -0.305 e. The molecule has 0 aliphatic heterocycles. The fourth-order valence-corrected chi connectivity index (χ4v) is 2.80. The first-order valence-electron chi connectivity index (χ1n) is 6.88. The Bertz CT molecular complexity index is 568. The number of rotatable bonds is 6. The van der Waals surface area contributed by atoms with Crippen LogP contribution in [-0.4, -0.2) is 16.3 Å². The molecule has 0 aliphatic rings. The van der Waals surface area contributed by atoms with Gasteiger partial charge in [-0.2, -0.15) is 5.10 Å². The van der Waals surface area contributed by atoms with Crippen molar-refractivity contribution in [2.75, 3.05) is 6.54 Å². The third-order valence-corrected chi connectivity index (χ3v) is 4.02. The van der Waals surface area contributed by atoms with Gasteiger partial charge in [-0.05, 0) is 46.6 Å². The molecule has 0 bridgehead atoms. The van der Waals surface area contributed by atoms with Crippen molar-refractivity contribution >= 4 is 15.9 Å². The maximum atomic E-state index is 13.8. The van der Waals surface area contributed by atoms with E-state index in [9.17, 15) is 4.39 Å². The van der Waals surface area contributed by atoms with Crippen molar-refractivity contribution in [2.45, 2.75) is 32.9 Å². The zero-order chi connectivity index (χ0) is 14.5. The van der Waals surface area contributed by atoms with Crippen LogP contribution in [-0.2, 0) is 6.54 Å². The number of aromatic nitrogens is 2. The first kappa shape index (κ1) is 15.2. The molecule has 0 spiro atoms. The van der Waals surface area contributed by atoms with E-state index in [2.05, 4.69) is 33.3 Å². The molecular formula is C15H19BrFN3. The smallest absolute Gasteiger partial charge is 0.137 e. The van der Waals surface area contributed by atoms with Crippen molar-refractivity contribution in [2.24, 2.45) is 0 Å². The van der Waals surface area contributed by atoms with E-state index in [1.807, 2.05) is 23.7 Å². The number of benzene rings is 1. The molecule has 1 heterocycles. The highest BCUT2D eigenvalue weighted by Gasteiger charge is 2.20. The monoisotopic (exact) mass is 339 g/mol. The van der Waals surface area contributed by atoms with Crippen molar-refractivity contribution in [3.8, 4) is 0 Å². The first-order chi connectivity index (χ1) is 9.69. The van der Waals surface area contributed by atoms with Gasteiger partial charge in [0.25, 0.3) is 0 Å². The Morgan fingerprint density at radius 3 is 2.85 bits per heavy atom. The van der Waals surface area contributed by atoms with Gasteiger partial charge < -0.3 is 5.32 Å². The van der Waals surface area contributed by atoms with E-state index in [0.717, 1.165) is 30.8 Å². The lowest BCUT2D eigenvalue weighted by atomic mass is 10.0. The van der Waals surface area contributed by atoms with Crippen LogP contribution in [0.3, 0.4) is 0 Å². The minimum atomic E-state index is -0.244. The molecule has 20 heavy (non-hydrogen) atoms. The van der Waals surface area contributed by atoms with Crippen LogP contribution >= 0.6 is 15.9 Å². The molecule has 1 aromatic carbocycles. The van der Waals surface area contributed by atoms with Crippen LogP contribution < -0.4 is 5.32 Å². The fourth-order valence-electron chi connectivity index (χ4n) is 2.31. The average Bonchev–Trinajstić information content (AvgIpc) is 2.88. The Morgan fingerprint density at radius 1 is 1.35 bits per heavy atom. The quantitative estimate of drug-likeness (QED) is 0.865. The molecule has 108 valence electrons. The molecule has 1 unspecified atom stereocenters. The van der Waals surface area contributed by atoms with Gasteiger partial charge in [-0.25, -0.2) is 4.39 Å². The highest BCUT2D eigenvalue weighted by Crippen LogP contribution is 2.30. The van der Waals surface area contributed by atoms with Crippen LogP contribution in [0.2, 0.25) is 0 Å². The summed E-state index contributed by atoms with van der Waals surface area (Å²) in [5.74, 6) is -0.244. The highest BCUT2D eigenvalue weighted by molar-refractivity contribution is 9.10. The lowest BCUT2D eigenvalue weighted by Gasteiger charge is -2.21. The molecule has 3 nitrogen and oxygen atoms in total. The van der Waals surface area contributed by atoms with E-state index in [4.69, 9.17) is 0 Å². The van der Waals surface area contributed by atoms with Crippen LogP contribution in [0.15, 0.2) is 34.9 Å². The van der Waals surface area contributed by atoms with E-state index in [1.165, 1.54) is 6.07 Å². The van der Waals surface area contributed by atoms with Gasteiger partial charge >= 0.3 is 0 Å². The summed E-state index contributed by atoms with van der Waals surface area (Å²) in [6.07, 6.45) is 2.81. The van der Waals surface area contributed by atoms with E-state index >= 15 is 0 Å². The van der Waals surface area contributed by atoms with Gasteiger partial charge in [0.05, 0.1) is 16.2 Å². The number of aryl methyl sites for hydroxylation is 1. The Kier molecular flexibility index (Phi) is 5.31. The zero-order valence-electron chi connectivity index (χ0n) is 11.7. The highest BCUT2D eigenvalue weighted by atomic mass is 79.9. The number of halogens is 2. The summed E-state index contributed by atoms with van der Waals surface area (Å²) in [7, 11) is 0. The summed E-state index contributed by atoms with van der Waals surface area (Å²) in [4.78, 5) is 0. The SMILES string of the molecule is CCCn1nccc1C(NCC)c1cccc(F)c1Br. The molecule has 0 amide bonds. The Balaban J connectivity index is 2.45. The number of hydrogen-bond acceptors (Lipinski definition) is 2. The van der Waals surface area contributed by atoms with Gasteiger partial charge in [0.1, 0.15) is 5.82 Å². The van der Waals surface area contributed by atoms with Crippen molar-refractivity contribution in [3.63, 3.8) is 0 Å². The molecule has 1 N–H and O–H groups in total. The first-order valence-corrected chi connectivity index (χ1v) is 7.67. The topological polar surface area (TPSA) is 29.9 Å². The third kappa shape index (κ3) is 3.10. The second-order valence-corrected chi connectivity index (χ2v) is 5.41. The largest absolute Gasteiger partial charge is 0.305 e. The third-order valence-electron chi connectivity index (χ3n) is 3.18. The van der Waals surface area contributed by atoms with Crippen LogP contribution in [0.4, 0.5) is 4.39 Å². The lowest BCUT2D eigenvalue weighted by Crippen LogP contribution is -2.25. The van der Waals surface area contributed by atoms with Crippen LogP contribution in [0.1, 0.15) is 37.6 Å². The number of nitrogens with one attached hydrogen (secondary N) is 1. The number of nitrogens with zero attached hydrogens (tertiary/aromatic N) is 2. The Hall–Kier alpha value is -1.20. The summed E-state index contributed by atoms with van der Waals surface area (Å²) in [5, 5.41) is 7.76. The summed E-state index contributed by atoms with van der Waals surface area (Å²) < 4.78 is 16.3. The summed E-state index contributed by atoms with van der Waals surface area (Å²) in [5.41, 5.74) is 1.95. The van der Waals surface area contributed by atoms with E-state index in [0.29, 0.717) is 4.47 Å². The maximum Gasteiger partial charge on any atom is 0.137 e. The molecule has 5 heteroatoms. The lowest BCUT2D eigenvalue weighted by molar-refractivity contribution is 0.516. The van der Waals surface area contributed by atoms with Crippen molar-refractivity contribution in [1.29, 1.82) is 0 Å². The molecule has 0 saturated carbocycles. The normalized spacial score (nSPS) is 12.6. The van der Waals surface area contributed by atoms with E-state index < -0.39 is 0 Å². The molecule has 1 atom stereocenters. The zero-order valence-corrected chi connectivity index (χ0v) is 13.3. The standard InChI is InChI=1S/C15H19BrFN3/c1-3-10-20-13(8-9-19-20)15(18-4-2)11-6-5-7-12(17)14(11)16/h5-9,15,18H,3-4,10H2,1-2H3. The maximum absolute atomic E-state index is 13.8. The van der Waals surface area contributed by atoms with Gasteiger partial charge in [0.2, 0.25) is 0 Å². The van der Waals surface area contributed by atoms with Crippen molar-refractivity contribution in [3.05, 3.63) is 52.0 Å². The molecule has 2 rings (SSSR count). The minimum absolute atomic E-state index is 0.0703. The van der Waals surface area contributed by atoms with Crippen molar-refractivity contribution in [1.82, 2.24) is 15.1 Å². The summed E-state index contributed by atoms with van der Waals surface area (Å²) in [6.45, 7) is 5.81. The van der Waals surface area contributed by atoms with Gasteiger partial charge in [0.15, 0.2) is 0 Å². The predicted octanol–water partition coefficient (Wildman–Crippen LogP) is 3.89. The average molecular weight is 340 g/mol. The molecule has 0 aliphatic carbocycles. The van der Waals surface area contributed by atoms with E-state index in [1.54, 1.807) is 12.3 Å². The summed E-state index contributed by atoms with van der Waals surface area (Å²) >= 11 is 3.36. The van der Waals surface area contributed by atoms with E-state index in [-0.39, 0.29) is 11.9 Å². The molecule has 1 aromatic heterocycles. The van der Waals surface area contributed by atoms with Gasteiger partial charge in [-0.3, -0.25) is 4.68 Å². The molecule has 0 saturated heterocycles. The fraction of sp³-hybridized carbons (Fsp3) is 0.400. The number of hydrogen-bond donors (Lipinski definition) is 1. The van der Waals surface area contributed by atoms with Gasteiger partial charge in [-0.15, -0.1) is 0 Å². The molecule has 2 aromatic rings. The van der Waals surface area contributed by atoms with Gasteiger partial charge in [0, 0.05) is 12.7 Å². The Morgan fingerprint density at radius 2 is 2.15 bits per heavy atom. The van der Waals surface area contributed by atoms with Crippen molar-refractivity contribution < 1.29 is 4.39 Å². The van der Waals surface area contributed by atoms with Crippen LogP contribution in [0.25, 0.3) is 0 Å². The molecule has 0 fully saturated rings. The second kappa shape index (κ2) is 6.99. The predicted molar refractivity (Wildman–Crippen MR) is 82.1 cm³/mol. The summed E-state index contributed by atoms with van der Waals surface area (Å²) in [6, 6.07) is 7.05. The Labute approximate surface area is 127 Å². The second-order valence-electron chi connectivity index (χ2n) is 4.61. The molecule has 0 radical (unpaired) electrons. The van der Waals surface area contributed by atoms with Gasteiger partial charge in [-0.1, -0.05) is 26.0 Å².